The molecule has 2 aliphatic heterocycles. The summed E-state index contributed by atoms with van der Waals surface area (Å²) >= 11 is 0. The first-order valence-electron chi connectivity index (χ1n) is 19.4. The molecule has 1 aromatic heterocycles. The summed E-state index contributed by atoms with van der Waals surface area (Å²) < 4.78 is 81.4. The number of nitrogens with two attached hydrogens (primary N) is 1. The fraction of sp³-hybridized carbons (Fsp3) is 0.537. The first kappa shape index (κ1) is 41.1. The number of aryl methyl sites for hydroxylation is 1. The SMILES string of the molecule is CCCCOc1cc(Oc2ccc(F)c(C(F)(F)F)c2)ccc1-c1nc2c(OCCN3CCCC3)cc(OCCN3CCCC3)cc2n1CCCC.CN. The molecule has 0 spiro atoms. The summed E-state index contributed by atoms with van der Waals surface area (Å²) in [5.41, 5.74) is 5.45. The van der Waals surface area contributed by atoms with Crippen molar-refractivity contribution in [3.8, 4) is 40.1 Å². The molecule has 4 aromatic rings. The predicted molar refractivity (Wildman–Crippen MR) is 204 cm³/mol. The number of nitrogens with zero attached hydrogens (tertiary/aromatic N) is 4. The molecule has 0 atom stereocenters. The molecule has 3 heterocycles. The number of imidazole rings is 1. The fourth-order valence-corrected chi connectivity index (χ4v) is 6.82. The van der Waals surface area contributed by atoms with Crippen molar-refractivity contribution in [3.63, 3.8) is 0 Å². The number of hydrogen-bond donors (Lipinski definition) is 1. The summed E-state index contributed by atoms with van der Waals surface area (Å²) in [7, 11) is 1.50. The Kier molecular flexibility index (Phi) is 15.2. The molecule has 0 saturated carbocycles. The van der Waals surface area contributed by atoms with Crippen molar-refractivity contribution in [1.29, 1.82) is 0 Å². The maximum Gasteiger partial charge on any atom is 0.419 e. The molecular weight excluding hydrogens is 702 g/mol. The third-order valence-electron chi connectivity index (χ3n) is 9.69. The number of rotatable bonds is 18. The molecule has 2 aliphatic rings. The minimum atomic E-state index is -4.85. The van der Waals surface area contributed by atoms with E-state index in [1.807, 2.05) is 18.2 Å². The summed E-state index contributed by atoms with van der Waals surface area (Å²) in [6.45, 7) is 12.5. The Balaban J connectivity index is 0.00000276. The van der Waals surface area contributed by atoms with Crippen molar-refractivity contribution >= 4 is 11.0 Å². The monoisotopic (exact) mass is 757 g/mol. The van der Waals surface area contributed by atoms with Gasteiger partial charge in [-0.25, -0.2) is 9.37 Å². The van der Waals surface area contributed by atoms with Crippen LogP contribution in [0, 0.1) is 5.82 Å². The number of unbranched alkanes of at least 4 members (excludes halogenated alkanes) is 2. The molecule has 2 fully saturated rings. The lowest BCUT2D eigenvalue weighted by molar-refractivity contribution is -0.140. The second-order valence-electron chi connectivity index (χ2n) is 13.6. The molecule has 54 heavy (non-hydrogen) atoms. The maximum absolute atomic E-state index is 14.0. The van der Waals surface area contributed by atoms with E-state index < -0.39 is 17.6 Å². The Morgan fingerprint density at radius 2 is 1.28 bits per heavy atom. The number of likely N-dealkylation sites (tertiary alicyclic amines) is 2. The minimum Gasteiger partial charge on any atom is -0.493 e. The van der Waals surface area contributed by atoms with Crippen LogP contribution in [0.3, 0.4) is 0 Å². The van der Waals surface area contributed by atoms with E-state index in [1.165, 1.54) is 38.8 Å². The van der Waals surface area contributed by atoms with E-state index in [2.05, 4.69) is 33.9 Å². The lowest BCUT2D eigenvalue weighted by Crippen LogP contribution is -2.25. The standard InChI is InChI=1S/C40H50F4N4O4.CH5N/c1-3-5-19-48-35-26-31(49-23-20-46-15-7-8-16-46)28-37(51-24-21-47-17-9-10-18-47)38(35)45-39(48)32-13-11-30(27-36(32)50-22-6-4-2)52-29-12-14-34(41)33(25-29)40(42,43)44;1-2/h11-14,25-28H,3-10,15-24H2,1-2H3;2H2,1H3. The highest BCUT2D eigenvalue weighted by Gasteiger charge is 2.34. The summed E-state index contributed by atoms with van der Waals surface area (Å²) in [6.07, 6.45) is 3.60. The highest BCUT2D eigenvalue weighted by atomic mass is 19.4. The van der Waals surface area contributed by atoms with E-state index in [1.54, 1.807) is 12.1 Å². The summed E-state index contributed by atoms with van der Waals surface area (Å²) in [5, 5.41) is 0. The largest absolute Gasteiger partial charge is 0.493 e. The van der Waals surface area contributed by atoms with Gasteiger partial charge in [0.1, 0.15) is 53.4 Å². The van der Waals surface area contributed by atoms with E-state index in [-0.39, 0.29) is 11.5 Å². The molecular formula is C41H55F4N5O4. The quantitative estimate of drug-likeness (QED) is 0.0795. The van der Waals surface area contributed by atoms with Crippen molar-refractivity contribution in [2.45, 2.75) is 77.9 Å². The topological polar surface area (TPSA) is 87.2 Å². The lowest BCUT2D eigenvalue weighted by atomic mass is 10.1. The third-order valence-corrected chi connectivity index (χ3v) is 9.69. The summed E-state index contributed by atoms with van der Waals surface area (Å²) in [4.78, 5) is 10.0. The van der Waals surface area contributed by atoms with Gasteiger partial charge >= 0.3 is 6.18 Å². The zero-order valence-corrected chi connectivity index (χ0v) is 31.9. The Bertz CT molecular complexity index is 1770. The molecule has 296 valence electrons. The molecule has 9 nitrogen and oxygen atoms in total. The smallest absolute Gasteiger partial charge is 0.419 e. The molecule has 0 unspecified atom stereocenters. The molecule has 13 heteroatoms. The number of fused-ring (bicyclic) bond motifs is 1. The molecule has 2 N–H and O–H groups in total. The molecule has 6 rings (SSSR count). The van der Waals surface area contributed by atoms with Gasteiger partial charge in [0.25, 0.3) is 0 Å². The van der Waals surface area contributed by atoms with Crippen molar-refractivity contribution in [2.24, 2.45) is 5.73 Å². The molecule has 3 aromatic carbocycles. The maximum atomic E-state index is 14.0. The van der Waals surface area contributed by atoms with Crippen LogP contribution in [0.25, 0.3) is 22.4 Å². The Morgan fingerprint density at radius 1 is 0.685 bits per heavy atom. The number of alkyl halides is 3. The number of aromatic nitrogens is 2. The fourth-order valence-electron chi connectivity index (χ4n) is 6.82. The van der Waals surface area contributed by atoms with Gasteiger partial charge in [0, 0.05) is 37.8 Å². The Labute approximate surface area is 316 Å². The first-order valence-corrected chi connectivity index (χ1v) is 19.4. The van der Waals surface area contributed by atoms with E-state index >= 15 is 0 Å². The van der Waals surface area contributed by atoms with Crippen LogP contribution in [-0.2, 0) is 12.7 Å². The average Bonchev–Trinajstić information content (AvgIpc) is 3.95. The second-order valence-corrected chi connectivity index (χ2v) is 13.6. The van der Waals surface area contributed by atoms with Gasteiger partial charge in [-0.05, 0) is 102 Å². The Morgan fingerprint density at radius 3 is 1.93 bits per heavy atom. The predicted octanol–water partition coefficient (Wildman–Crippen LogP) is 9.16. The highest BCUT2D eigenvalue weighted by Crippen LogP contribution is 2.41. The average molecular weight is 758 g/mol. The highest BCUT2D eigenvalue weighted by molar-refractivity contribution is 5.88. The van der Waals surface area contributed by atoms with Crippen LogP contribution in [0.5, 0.6) is 28.7 Å². The van der Waals surface area contributed by atoms with Gasteiger partial charge in [0.15, 0.2) is 5.75 Å². The van der Waals surface area contributed by atoms with E-state index in [0.717, 1.165) is 87.8 Å². The number of ether oxygens (including phenoxy) is 4. The molecule has 0 aliphatic carbocycles. The van der Waals surface area contributed by atoms with Crippen LogP contribution in [0.1, 0.15) is 70.8 Å². The summed E-state index contributed by atoms with van der Waals surface area (Å²) in [6, 6.07) is 11.7. The normalized spacial score (nSPS) is 15.0. The van der Waals surface area contributed by atoms with Crippen molar-refractivity contribution < 1.29 is 36.5 Å². The third kappa shape index (κ3) is 10.8. The van der Waals surface area contributed by atoms with Crippen molar-refractivity contribution in [3.05, 3.63) is 59.9 Å². The van der Waals surface area contributed by atoms with Gasteiger partial charge in [-0.3, -0.25) is 9.80 Å². The van der Waals surface area contributed by atoms with Crippen molar-refractivity contribution in [1.82, 2.24) is 19.4 Å². The van der Waals surface area contributed by atoms with Crippen LogP contribution in [0.2, 0.25) is 0 Å². The van der Waals surface area contributed by atoms with Gasteiger partial charge < -0.3 is 29.2 Å². The van der Waals surface area contributed by atoms with Gasteiger partial charge in [-0.15, -0.1) is 0 Å². The molecule has 0 bridgehead atoms. The zero-order valence-electron chi connectivity index (χ0n) is 31.9. The van der Waals surface area contributed by atoms with Crippen LogP contribution in [0.4, 0.5) is 17.6 Å². The van der Waals surface area contributed by atoms with Crippen LogP contribution >= 0.6 is 0 Å². The number of hydrogen-bond acceptors (Lipinski definition) is 8. The molecule has 0 radical (unpaired) electrons. The lowest BCUT2D eigenvalue weighted by Gasteiger charge is -2.17. The van der Waals surface area contributed by atoms with Crippen LogP contribution < -0.4 is 24.7 Å². The van der Waals surface area contributed by atoms with E-state index in [4.69, 9.17) is 23.9 Å². The van der Waals surface area contributed by atoms with Crippen LogP contribution in [-0.4, -0.2) is 85.5 Å². The summed E-state index contributed by atoms with van der Waals surface area (Å²) in [5.74, 6) is 1.32. The van der Waals surface area contributed by atoms with Crippen molar-refractivity contribution in [2.75, 3.05) is 66.1 Å². The minimum absolute atomic E-state index is 0.135. The van der Waals surface area contributed by atoms with Crippen LogP contribution in [0.15, 0.2) is 48.5 Å². The molecule has 2 saturated heterocycles. The van der Waals surface area contributed by atoms with Gasteiger partial charge in [0.05, 0.1) is 23.3 Å². The first-order chi connectivity index (χ1) is 26.2. The number of benzene rings is 3. The van der Waals surface area contributed by atoms with Gasteiger partial charge in [0.2, 0.25) is 0 Å². The van der Waals surface area contributed by atoms with Gasteiger partial charge in [-0.2, -0.15) is 13.2 Å². The Hall–Kier alpha value is -4.07. The number of halogens is 4. The van der Waals surface area contributed by atoms with Gasteiger partial charge in [-0.1, -0.05) is 26.7 Å². The zero-order chi connectivity index (χ0) is 38.5. The second kappa shape index (κ2) is 20.0. The molecule has 0 amide bonds. The van der Waals surface area contributed by atoms with E-state index in [9.17, 15) is 17.6 Å². The van der Waals surface area contributed by atoms with E-state index in [0.29, 0.717) is 55.3 Å².